The zero-order chi connectivity index (χ0) is 9.26. The molecular formula is C10H9IN2. The van der Waals surface area contributed by atoms with Crippen molar-refractivity contribution in [3.63, 3.8) is 0 Å². The molecule has 13 heavy (non-hydrogen) atoms. The fourth-order valence-electron chi connectivity index (χ4n) is 1.15. The first-order chi connectivity index (χ1) is 6.25. The first kappa shape index (κ1) is 8.74. The summed E-state index contributed by atoms with van der Waals surface area (Å²) in [6, 6.07) is 10.3. The number of hydrogen-bond donors (Lipinski definition) is 0. The average molecular weight is 284 g/mol. The Hall–Kier alpha value is -0.840. The Morgan fingerprint density at radius 3 is 2.38 bits per heavy atom. The maximum atomic E-state index is 4.32. The molecule has 0 saturated heterocycles. The van der Waals surface area contributed by atoms with Crippen molar-refractivity contribution >= 4 is 22.6 Å². The van der Waals surface area contributed by atoms with E-state index >= 15 is 0 Å². The van der Waals surface area contributed by atoms with Gasteiger partial charge >= 0.3 is 0 Å². The summed E-state index contributed by atoms with van der Waals surface area (Å²) in [5.41, 5.74) is 2.15. The van der Waals surface area contributed by atoms with Crippen LogP contribution in [0.4, 0.5) is 0 Å². The molecule has 3 heteroatoms. The molecule has 0 aliphatic heterocycles. The van der Waals surface area contributed by atoms with Crippen molar-refractivity contribution < 1.29 is 0 Å². The van der Waals surface area contributed by atoms with Crippen LogP contribution in [-0.2, 0) is 0 Å². The minimum absolute atomic E-state index is 1.04. The van der Waals surface area contributed by atoms with Crippen LogP contribution in [0.5, 0.6) is 0 Å². The molecule has 0 unspecified atom stereocenters. The lowest BCUT2D eigenvalue weighted by Crippen LogP contribution is -1.94. The molecule has 2 nitrogen and oxygen atoms in total. The van der Waals surface area contributed by atoms with E-state index in [4.69, 9.17) is 0 Å². The third kappa shape index (κ3) is 1.91. The normalized spacial score (nSPS) is 10.3. The third-order valence-electron chi connectivity index (χ3n) is 1.81. The maximum Gasteiger partial charge on any atom is 0.0646 e. The molecule has 0 aliphatic rings. The Balaban J connectivity index is 2.41. The molecule has 1 aromatic carbocycles. The average Bonchev–Trinajstić information content (AvgIpc) is 2.53. The predicted molar refractivity (Wildman–Crippen MR) is 61.0 cm³/mol. The molecule has 1 aromatic heterocycles. The largest absolute Gasteiger partial charge is 0.241 e. The van der Waals surface area contributed by atoms with Crippen LogP contribution in [0.25, 0.3) is 5.69 Å². The summed E-state index contributed by atoms with van der Waals surface area (Å²) in [4.78, 5) is 0. The highest BCUT2D eigenvalue weighted by Gasteiger charge is 1.96. The molecule has 0 N–H and O–H groups in total. The highest BCUT2D eigenvalue weighted by molar-refractivity contribution is 14.1. The lowest BCUT2D eigenvalue weighted by Gasteiger charge is -2.00. The number of aryl methyl sites for hydroxylation is 1. The lowest BCUT2D eigenvalue weighted by molar-refractivity contribution is 0.862. The van der Waals surface area contributed by atoms with Crippen LogP contribution in [0.15, 0.2) is 36.5 Å². The molecule has 0 aliphatic carbocycles. The Morgan fingerprint density at radius 1 is 1.15 bits per heavy atom. The van der Waals surface area contributed by atoms with E-state index in [2.05, 4.69) is 52.0 Å². The van der Waals surface area contributed by atoms with Crippen LogP contribution in [0.2, 0.25) is 0 Å². The zero-order valence-electron chi connectivity index (χ0n) is 7.24. The lowest BCUT2D eigenvalue weighted by atomic mass is 10.3. The first-order valence-electron chi connectivity index (χ1n) is 4.04. The number of rotatable bonds is 1. The molecular weight excluding hydrogens is 275 g/mol. The van der Waals surface area contributed by atoms with Gasteiger partial charge < -0.3 is 0 Å². The van der Waals surface area contributed by atoms with Crippen LogP contribution in [-0.4, -0.2) is 9.78 Å². The minimum atomic E-state index is 1.04. The Kier molecular flexibility index (Phi) is 2.35. The molecule has 0 atom stereocenters. The molecule has 2 rings (SSSR count). The van der Waals surface area contributed by atoms with Gasteiger partial charge in [0, 0.05) is 9.77 Å². The van der Waals surface area contributed by atoms with Gasteiger partial charge in [-0.05, 0) is 59.8 Å². The molecule has 0 amide bonds. The number of aromatic nitrogens is 2. The van der Waals surface area contributed by atoms with Crippen LogP contribution in [0, 0.1) is 10.5 Å². The van der Waals surface area contributed by atoms with Gasteiger partial charge in [0.2, 0.25) is 0 Å². The summed E-state index contributed by atoms with van der Waals surface area (Å²) in [5.74, 6) is 0. The van der Waals surface area contributed by atoms with Crippen LogP contribution < -0.4 is 0 Å². The van der Waals surface area contributed by atoms with Gasteiger partial charge in [-0.15, -0.1) is 0 Å². The van der Waals surface area contributed by atoms with Crippen molar-refractivity contribution in [3.05, 3.63) is 45.8 Å². The summed E-state index contributed by atoms with van der Waals surface area (Å²) in [6.07, 6.45) is 1.97. The van der Waals surface area contributed by atoms with E-state index in [1.165, 1.54) is 3.57 Å². The maximum absolute atomic E-state index is 4.32. The van der Waals surface area contributed by atoms with Gasteiger partial charge in [0.25, 0.3) is 0 Å². The van der Waals surface area contributed by atoms with Crippen molar-refractivity contribution in [3.8, 4) is 5.69 Å². The predicted octanol–water partition coefficient (Wildman–Crippen LogP) is 2.79. The summed E-state index contributed by atoms with van der Waals surface area (Å²) < 4.78 is 3.12. The standard InChI is InChI=1S/C10H9IN2/c1-8-6-7-13(12-8)10-4-2-9(11)3-5-10/h2-7H,1H3. The van der Waals surface area contributed by atoms with E-state index in [-0.39, 0.29) is 0 Å². The van der Waals surface area contributed by atoms with Crippen molar-refractivity contribution in [2.45, 2.75) is 6.92 Å². The first-order valence-corrected chi connectivity index (χ1v) is 5.12. The molecule has 0 fully saturated rings. The van der Waals surface area contributed by atoms with Gasteiger partial charge in [0.05, 0.1) is 11.4 Å². The van der Waals surface area contributed by atoms with E-state index < -0.39 is 0 Å². The van der Waals surface area contributed by atoms with Crippen LogP contribution in [0.3, 0.4) is 0 Å². The Morgan fingerprint density at radius 2 is 1.85 bits per heavy atom. The van der Waals surface area contributed by atoms with Crippen molar-refractivity contribution in [2.75, 3.05) is 0 Å². The highest BCUT2D eigenvalue weighted by atomic mass is 127. The SMILES string of the molecule is Cc1ccn(-c2ccc(I)cc2)n1. The van der Waals surface area contributed by atoms with Crippen molar-refractivity contribution in [1.29, 1.82) is 0 Å². The fraction of sp³-hybridized carbons (Fsp3) is 0.100. The van der Waals surface area contributed by atoms with Crippen molar-refractivity contribution in [2.24, 2.45) is 0 Å². The number of halogens is 1. The van der Waals surface area contributed by atoms with Crippen molar-refractivity contribution in [1.82, 2.24) is 9.78 Å². The smallest absolute Gasteiger partial charge is 0.0646 e. The van der Waals surface area contributed by atoms with Gasteiger partial charge in [-0.3, -0.25) is 0 Å². The molecule has 0 saturated carbocycles. The minimum Gasteiger partial charge on any atom is -0.241 e. The second-order valence-corrected chi connectivity index (χ2v) is 4.12. The third-order valence-corrected chi connectivity index (χ3v) is 2.53. The topological polar surface area (TPSA) is 17.8 Å². The second-order valence-electron chi connectivity index (χ2n) is 2.88. The van der Waals surface area contributed by atoms with E-state index in [1.54, 1.807) is 0 Å². The molecule has 0 spiro atoms. The molecule has 1 heterocycles. The summed E-state index contributed by atoms with van der Waals surface area (Å²) >= 11 is 2.29. The van der Waals surface area contributed by atoms with E-state index in [0.29, 0.717) is 0 Å². The molecule has 2 aromatic rings. The monoisotopic (exact) mass is 284 g/mol. The Bertz CT molecular complexity index is 403. The second kappa shape index (κ2) is 3.49. The van der Waals surface area contributed by atoms with Gasteiger partial charge in [-0.2, -0.15) is 5.10 Å². The quantitative estimate of drug-likeness (QED) is 0.736. The molecule has 66 valence electrons. The van der Waals surface area contributed by atoms with Crippen LogP contribution >= 0.6 is 22.6 Å². The number of benzene rings is 1. The summed E-state index contributed by atoms with van der Waals surface area (Å²) in [6.45, 7) is 1.99. The van der Waals surface area contributed by atoms with Gasteiger partial charge in [-0.25, -0.2) is 4.68 Å². The van der Waals surface area contributed by atoms with E-state index in [1.807, 2.05) is 23.9 Å². The zero-order valence-corrected chi connectivity index (χ0v) is 9.39. The number of hydrogen-bond acceptors (Lipinski definition) is 1. The summed E-state index contributed by atoms with van der Waals surface area (Å²) in [7, 11) is 0. The molecule has 0 bridgehead atoms. The fourth-order valence-corrected chi connectivity index (χ4v) is 1.51. The van der Waals surface area contributed by atoms with Gasteiger partial charge in [0.15, 0.2) is 0 Å². The van der Waals surface area contributed by atoms with Crippen LogP contribution in [0.1, 0.15) is 5.69 Å². The van der Waals surface area contributed by atoms with E-state index in [9.17, 15) is 0 Å². The summed E-state index contributed by atoms with van der Waals surface area (Å²) in [5, 5.41) is 4.32. The molecule has 0 radical (unpaired) electrons. The van der Waals surface area contributed by atoms with Gasteiger partial charge in [-0.1, -0.05) is 0 Å². The van der Waals surface area contributed by atoms with Gasteiger partial charge in [0.1, 0.15) is 0 Å². The highest BCUT2D eigenvalue weighted by Crippen LogP contribution is 2.10. The van der Waals surface area contributed by atoms with E-state index in [0.717, 1.165) is 11.4 Å². The number of nitrogens with zero attached hydrogens (tertiary/aromatic N) is 2. The Labute approximate surface area is 90.7 Å².